The van der Waals surface area contributed by atoms with E-state index in [9.17, 15) is 4.39 Å². The molecule has 0 aliphatic carbocycles. The minimum Gasteiger partial charge on any atom is -0.207 e. The van der Waals surface area contributed by atoms with Crippen LogP contribution in [0.5, 0.6) is 0 Å². The highest BCUT2D eigenvalue weighted by molar-refractivity contribution is 5.71. The van der Waals surface area contributed by atoms with Crippen molar-refractivity contribution >= 4 is 0 Å². The number of hydrogen-bond acceptors (Lipinski definition) is 0. The van der Waals surface area contributed by atoms with Gasteiger partial charge in [0.25, 0.3) is 0 Å². The van der Waals surface area contributed by atoms with Gasteiger partial charge in [-0.25, -0.2) is 4.39 Å². The molecule has 0 atom stereocenters. The summed E-state index contributed by atoms with van der Waals surface area (Å²) >= 11 is 0. The topological polar surface area (TPSA) is 0 Å². The fraction of sp³-hybridized carbons (Fsp3) is 0. The van der Waals surface area contributed by atoms with E-state index in [-0.39, 0.29) is 5.82 Å². The van der Waals surface area contributed by atoms with E-state index in [1.54, 1.807) is 12.1 Å². The molecule has 0 aromatic heterocycles. The average Bonchev–Trinajstić information content (AvgIpc) is 2.55. The summed E-state index contributed by atoms with van der Waals surface area (Å²) in [6, 6.07) is 24.3. The molecule has 1 heteroatoms. The van der Waals surface area contributed by atoms with E-state index in [1.807, 2.05) is 54.6 Å². The number of rotatable bonds is 1. The van der Waals surface area contributed by atoms with Crippen LogP contribution in [0.3, 0.4) is 0 Å². The Morgan fingerprint density at radius 3 is 2.05 bits per heavy atom. The Balaban J connectivity index is 2.01. The van der Waals surface area contributed by atoms with Crippen LogP contribution in [0.25, 0.3) is 11.1 Å². The summed E-state index contributed by atoms with van der Waals surface area (Å²) in [6.45, 7) is 0. The Hall–Kier alpha value is -2.85. The molecule has 0 N–H and O–H groups in total. The first kappa shape index (κ1) is 13.1. The number of benzene rings is 3. The lowest BCUT2D eigenvalue weighted by molar-refractivity contribution is 0.628. The van der Waals surface area contributed by atoms with Gasteiger partial charge in [0.05, 0.1) is 0 Å². The van der Waals surface area contributed by atoms with E-state index in [0.29, 0.717) is 0 Å². The molecule has 0 radical (unpaired) electrons. The van der Waals surface area contributed by atoms with Gasteiger partial charge in [0, 0.05) is 11.1 Å². The summed E-state index contributed by atoms with van der Waals surface area (Å²) < 4.78 is 13.0. The molecule has 21 heavy (non-hydrogen) atoms. The van der Waals surface area contributed by atoms with Gasteiger partial charge in [0.1, 0.15) is 5.82 Å². The lowest BCUT2D eigenvalue weighted by atomic mass is 10.00. The fourth-order valence-electron chi connectivity index (χ4n) is 2.13. The Bertz CT molecular complexity index is 790. The maximum Gasteiger partial charge on any atom is 0.123 e. The minimum absolute atomic E-state index is 0.230. The maximum atomic E-state index is 13.0. The third kappa shape index (κ3) is 3.19. The molecule has 0 spiro atoms. The molecule has 0 amide bonds. The molecule has 0 saturated carbocycles. The van der Waals surface area contributed by atoms with E-state index < -0.39 is 0 Å². The zero-order valence-electron chi connectivity index (χ0n) is 11.4. The van der Waals surface area contributed by atoms with Crippen molar-refractivity contribution in [3.63, 3.8) is 0 Å². The van der Waals surface area contributed by atoms with Crippen molar-refractivity contribution in [1.82, 2.24) is 0 Å². The first-order chi connectivity index (χ1) is 10.3. The molecule has 0 aliphatic rings. The van der Waals surface area contributed by atoms with Crippen molar-refractivity contribution in [1.29, 1.82) is 0 Å². The first-order valence-corrected chi connectivity index (χ1v) is 6.75. The molecule has 0 fully saturated rings. The monoisotopic (exact) mass is 272 g/mol. The summed E-state index contributed by atoms with van der Waals surface area (Å²) in [4.78, 5) is 0. The highest BCUT2D eigenvalue weighted by atomic mass is 19.1. The molecule has 0 nitrogen and oxygen atoms in total. The average molecular weight is 272 g/mol. The SMILES string of the molecule is Fc1ccc(-c2ccccc2C#Cc2ccccc2)cc1. The van der Waals surface area contributed by atoms with E-state index in [0.717, 1.165) is 22.3 Å². The second-order valence-corrected chi connectivity index (χ2v) is 4.67. The van der Waals surface area contributed by atoms with E-state index >= 15 is 0 Å². The highest BCUT2D eigenvalue weighted by Crippen LogP contribution is 2.23. The molecule has 3 aromatic carbocycles. The zero-order valence-corrected chi connectivity index (χ0v) is 11.4. The smallest absolute Gasteiger partial charge is 0.123 e. The summed E-state index contributed by atoms with van der Waals surface area (Å²) in [5.41, 5.74) is 3.90. The highest BCUT2D eigenvalue weighted by Gasteiger charge is 2.02. The minimum atomic E-state index is -0.230. The maximum absolute atomic E-state index is 13.0. The fourth-order valence-corrected chi connectivity index (χ4v) is 2.13. The van der Waals surface area contributed by atoms with Crippen molar-refractivity contribution in [3.05, 3.63) is 95.8 Å². The lowest BCUT2D eigenvalue weighted by Gasteiger charge is -2.04. The van der Waals surface area contributed by atoms with Gasteiger partial charge in [0.15, 0.2) is 0 Å². The Morgan fingerprint density at radius 1 is 0.619 bits per heavy atom. The molecule has 3 aromatic rings. The second-order valence-electron chi connectivity index (χ2n) is 4.67. The molecule has 3 rings (SSSR count). The van der Waals surface area contributed by atoms with Crippen molar-refractivity contribution in [2.45, 2.75) is 0 Å². The zero-order chi connectivity index (χ0) is 14.5. The Labute approximate surface area is 123 Å². The van der Waals surface area contributed by atoms with Crippen LogP contribution in [0.1, 0.15) is 11.1 Å². The molecular formula is C20H13F. The van der Waals surface area contributed by atoms with Crippen LogP contribution in [0.15, 0.2) is 78.9 Å². The summed E-state index contributed by atoms with van der Waals surface area (Å²) in [5.74, 6) is 6.13. The van der Waals surface area contributed by atoms with Gasteiger partial charge in [-0.1, -0.05) is 60.4 Å². The van der Waals surface area contributed by atoms with Crippen LogP contribution in [0.2, 0.25) is 0 Å². The Morgan fingerprint density at radius 2 is 1.29 bits per heavy atom. The number of hydrogen-bond donors (Lipinski definition) is 0. The van der Waals surface area contributed by atoms with Crippen molar-refractivity contribution < 1.29 is 4.39 Å². The molecule has 0 saturated heterocycles. The van der Waals surface area contributed by atoms with Crippen LogP contribution in [-0.2, 0) is 0 Å². The molecule has 0 heterocycles. The van der Waals surface area contributed by atoms with Crippen molar-refractivity contribution in [2.75, 3.05) is 0 Å². The summed E-state index contributed by atoms with van der Waals surface area (Å²) in [5, 5.41) is 0. The lowest BCUT2D eigenvalue weighted by Crippen LogP contribution is -1.85. The molecular weight excluding hydrogens is 259 g/mol. The normalized spacial score (nSPS) is 9.76. The van der Waals surface area contributed by atoms with Gasteiger partial charge in [-0.2, -0.15) is 0 Å². The predicted octanol–water partition coefficient (Wildman–Crippen LogP) is 4.89. The third-order valence-corrected chi connectivity index (χ3v) is 3.20. The predicted molar refractivity (Wildman–Crippen MR) is 84.3 cm³/mol. The van der Waals surface area contributed by atoms with Crippen molar-refractivity contribution in [2.24, 2.45) is 0 Å². The summed E-state index contributed by atoms with van der Waals surface area (Å²) in [6.07, 6.45) is 0. The van der Waals surface area contributed by atoms with E-state index in [1.165, 1.54) is 12.1 Å². The van der Waals surface area contributed by atoms with Gasteiger partial charge in [-0.3, -0.25) is 0 Å². The molecule has 100 valence electrons. The molecule has 0 aliphatic heterocycles. The second kappa shape index (κ2) is 6.07. The summed E-state index contributed by atoms with van der Waals surface area (Å²) in [7, 11) is 0. The van der Waals surface area contributed by atoms with E-state index in [2.05, 4.69) is 11.8 Å². The standard InChI is InChI=1S/C20H13F/c21-19-14-12-18(13-15-19)20-9-5-4-8-17(20)11-10-16-6-2-1-3-7-16/h1-9,12-15H. The number of halogens is 1. The van der Waals surface area contributed by atoms with Crippen molar-refractivity contribution in [3.8, 4) is 23.0 Å². The molecule has 0 bridgehead atoms. The quantitative estimate of drug-likeness (QED) is 0.553. The van der Waals surface area contributed by atoms with Crippen LogP contribution in [0.4, 0.5) is 4.39 Å². The molecule has 0 unspecified atom stereocenters. The van der Waals surface area contributed by atoms with Crippen LogP contribution >= 0.6 is 0 Å². The van der Waals surface area contributed by atoms with Gasteiger partial charge in [-0.05, 0) is 41.5 Å². The van der Waals surface area contributed by atoms with Gasteiger partial charge in [-0.15, -0.1) is 0 Å². The Kier molecular flexibility index (Phi) is 3.80. The van der Waals surface area contributed by atoms with Gasteiger partial charge < -0.3 is 0 Å². The van der Waals surface area contributed by atoms with Gasteiger partial charge >= 0.3 is 0 Å². The van der Waals surface area contributed by atoms with Gasteiger partial charge in [0.2, 0.25) is 0 Å². The first-order valence-electron chi connectivity index (χ1n) is 6.75. The third-order valence-electron chi connectivity index (χ3n) is 3.20. The van der Waals surface area contributed by atoms with Crippen LogP contribution in [-0.4, -0.2) is 0 Å². The van der Waals surface area contributed by atoms with Crippen LogP contribution in [0, 0.1) is 17.7 Å². The van der Waals surface area contributed by atoms with E-state index in [4.69, 9.17) is 0 Å². The van der Waals surface area contributed by atoms with Crippen LogP contribution < -0.4 is 0 Å². The largest absolute Gasteiger partial charge is 0.207 e.